The van der Waals surface area contributed by atoms with Gasteiger partial charge in [-0.3, -0.25) is 4.79 Å². The van der Waals surface area contributed by atoms with Gasteiger partial charge in [-0.05, 0) is 13.3 Å². The van der Waals surface area contributed by atoms with Gasteiger partial charge >= 0.3 is 0 Å². The number of hydrogen-bond donors (Lipinski definition) is 1. The number of aromatic nitrogens is 4. The third kappa shape index (κ3) is 3.91. The average Bonchev–Trinajstić information content (AvgIpc) is 2.66. The van der Waals surface area contributed by atoms with E-state index in [9.17, 15) is 4.79 Å². The summed E-state index contributed by atoms with van der Waals surface area (Å²) in [4.78, 5) is 36.3. The lowest BCUT2D eigenvalue weighted by Crippen LogP contribution is -2.38. The van der Waals surface area contributed by atoms with Crippen molar-refractivity contribution in [2.45, 2.75) is 19.9 Å². The second-order valence-corrected chi connectivity index (χ2v) is 6.86. The Morgan fingerprint density at radius 1 is 1.15 bits per heavy atom. The molecule has 0 unspecified atom stereocenters. The minimum absolute atomic E-state index is 0.0832. The van der Waals surface area contributed by atoms with Gasteiger partial charge in [-0.25, -0.2) is 15.0 Å². The van der Waals surface area contributed by atoms with E-state index in [4.69, 9.17) is 0 Å². The van der Waals surface area contributed by atoms with Gasteiger partial charge < -0.3 is 20.0 Å². The molecule has 1 aliphatic heterocycles. The van der Waals surface area contributed by atoms with Crippen molar-refractivity contribution in [3.05, 3.63) is 29.2 Å². The molecule has 0 aromatic carbocycles. The van der Waals surface area contributed by atoms with Gasteiger partial charge in [0.25, 0.3) is 5.91 Å². The van der Waals surface area contributed by atoms with Gasteiger partial charge in [0.15, 0.2) is 0 Å². The highest BCUT2D eigenvalue weighted by Crippen LogP contribution is 2.28. The lowest BCUT2D eigenvalue weighted by atomic mass is 10.0. The second-order valence-electron chi connectivity index (χ2n) is 6.86. The zero-order valence-corrected chi connectivity index (χ0v) is 16.5. The molecule has 0 fully saturated rings. The van der Waals surface area contributed by atoms with Crippen molar-refractivity contribution in [1.82, 2.24) is 24.8 Å². The molecule has 9 heteroatoms. The molecule has 144 valence electrons. The van der Waals surface area contributed by atoms with Crippen molar-refractivity contribution in [2.75, 3.05) is 56.4 Å². The highest BCUT2D eigenvalue weighted by atomic mass is 16.2. The summed E-state index contributed by atoms with van der Waals surface area (Å²) in [5, 5.41) is 3.03. The van der Waals surface area contributed by atoms with Crippen molar-refractivity contribution in [3.63, 3.8) is 0 Å². The molecular formula is C18H26N8O. The third-order valence-corrected chi connectivity index (χ3v) is 4.38. The van der Waals surface area contributed by atoms with Crippen molar-refractivity contribution < 1.29 is 4.79 Å². The van der Waals surface area contributed by atoms with Gasteiger partial charge in [0.2, 0.25) is 11.9 Å². The van der Waals surface area contributed by atoms with Crippen LogP contribution in [-0.4, -0.2) is 72.0 Å². The van der Waals surface area contributed by atoms with Gasteiger partial charge in [0.1, 0.15) is 5.82 Å². The van der Waals surface area contributed by atoms with Crippen LogP contribution in [0.2, 0.25) is 0 Å². The van der Waals surface area contributed by atoms with Crippen LogP contribution in [0.5, 0.6) is 0 Å². The van der Waals surface area contributed by atoms with E-state index in [0.717, 1.165) is 30.0 Å². The third-order valence-electron chi connectivity index (χ3n) is 4.38. The zero-order chi connectivity index (χ0) is 19.6. The molecule has 0 atom stereocenters. The predicted octanol–water partition coefficient (Wildman–Crippen LogP) is 1.03. The molecule has 3 rings (SSSR count). The normalized spacial score (nSPS) is 13.1. The monoisotopic (exact) mass is 370 g/mol. The molecule has 1 aliphatic rings. The molecule has 0 aliphatic carbocycles. The first-order chi connectivity index (χ1) is 12.9. The fourth-order valence-corrected chi connectivity index (χ4v) is 3.01. The fraction of sp³-hybridized carbons (Fsp3) is 0.500. The second kappa shape index (κ2) is 7.73. The SMILES string of the molecule is CCNc1ncc(C(=O)N2CCc3c(nc(N(C)C)nc3N(C)C)C2)cn1. The Labute approximate surface area is 159 Å². The first kappa shape index (κ1) is 18.8. The highest BCUT2D eigenvalue weighted by molar-refractivity contribution is 5.93. The van der Waals surface area contributed by atoms with Crippen molar-refractivity contribution in [3.8, 4) is 0 Å². The minimum Gasteiger partial charge on any atom is -0.362 e. The van der Waals surface area contributed by atoms with Crippen LogP contribution < -0.4 is 15.1 Å². The van der Waals surface area contributed by atoms with Crippen LogP contribution in [-0.2, 0) is 13.0 Å². The van der Waals surface area contributed by atoms with E-state index in [-0.39, 0.29) is 5.91 Å². The quantitative estimate of drug-likeness (QED) is 0.835. The topological polar surface area (TPSA) is 90.4 Å². The number of hydrogen-bond acceptors (Lipinski definition) is 8. The summed E-state index contributed by atoms with van der Waals surface area (Å²) < 4.78 is 0. The Morgan fingerprint density at radius 3 is 2.44 bits per heavy atom. The number of amides is 1. The van der Waals surface area contributed by atoms with E-state index in [1.807, 2.05) is 44.9 Å². The first-order valence-electron chi connectivity index (χ1n) is 9.00. The van der Waals surface area contributed by atoms with Crippen molar-refractivity contribution in [1.29, 1.82) is 0 Å². The van der Waals surface area contributed by atoms with Crippen LogP contribution in [0.25, 0.3) is 0 Å². The Kier molecular flexibility index (Phi) is 5.38. The Balaban J connectivity index is 1.85. The molecule has 1 amide bonds. The summed E-state index contributed by atoms with van der Waals surface area (Å²) in [6.07, 6.45) is 3.86. The highest BCUT2D eigenvalue weighted by Gasteiger charge is 2.27. The number of fused-ring (bicyclic) bond motifs is 1. The molecule has 0 bridgehead atoms. The molecule has 0 spiro atoms. The van der Waals surface area contributed by atoms with Crippen LogP contribution >= 0.6 is 0 Å². The molecule has 9 nitrogen and oxygen atoms in total. The average molecular weight is 370 g/mol. The molecule has 0 saturated carbocycles. The van der Waals surface area contributed by atoms with Crippen LogP contribution in [0.4, 0.5) is 17.7 Å². The van der Waals surface area contributed by atoms with Gasteiger partial charge in [0, 0.05) is 59.2 Å². The van der Waals surface area contributed by atoms with Gasteiger partial charge in [-0.15, -0.1) is 0 Å². The molecule has 27 heavy (non-hydrogen) atoms. The Morgan fingerprint density at radius 2 is 1.85 bits per heavy atom. The fourth-order valence-electron chi connectivity index (χ4n) is 3.01. The lowest BCUT2D eigenvalue weighted by Gasteiger charge is -2.31. The van der Waals surface area contributed by atoms with Gasteiger partial charge in [0.05, 0.1) is 17.8 Å². The molecule has 0 saturated heterocycles. The summed E-state index contributed by atoms with van der Waals surface area (Å²) in [6.45, 7) is 3.78. The lowest BCUT2D eigenvalue weighted by molar-refractivity contribution is 0.0731. The maximum Gasteiger partial charge on any atom is 0.257 e. The molecule has 3 heterocycles. The number of rotatable bonds is 5. The summed E-state index contributed by atoms with van der Waals surface area (Å²) in [7, 11) is 7.78. The Hall–Kier alpha value is -2.97. The van der Waals surface area contributed by atoms with Crippen LogP contribution in [0, 0.1) is 0 Å². The number of nitrogens with one attached hydrogen (secondary N) is 1. The molecule has 1 N–H and O–H groups in total. The van der Waals surface area contributed by atoms with Crippen molar-refractivity contribution in [2.24, 2.45) is 0 Å². The smallest absolute Gasteiger partial charge is 0.257 e. The maximum absolute atomic E-state index is 12.9. The van der Waals surface area contributed by atoms with E-state index in [0.29, 0.717) is 30.5 Å². The number of carbonyl (C=O) groups excluding carboxylic acids is 1. The minimum atomic E-state index is -0.0832. The predicted molar refractivity (Wildman–Crippen MR) is 105 cm³/mol. The summed E-state index contributed by atoms with van der Waals surface area (Å²) >= 11 is 0. The largest absolute Gasteiger partial charge is 0.362 e. The molecule has 2 aromatic rings. The van der Waals surface area contributed by atoms with E-state index in [1.165, 1.54) is 0 Å². The summed E-state index contributed by atoms with van der Waals surface area (Å²) in [5.74, 6) is 2.00. The van der Waals surface area contributed by atoms with E-state index < -0.39 is 0 Å². The van der Waals surface area contributed by atoms with Crippen LogP contribution in [0.1, 0.15) is 28.5 Å². The van der Waals surface area contributed by atoms with Crippen LogP contribution in [0.15, 0.2) is 12.4 Å². The Bertz CT molecular complexity index is 819. The molecule has 0 radical (unpaired) electrons. The molecular weight excluding hydrogens is 344 g/mol. The molecule has 2 aromatic heterocycles. The van der Waals surface area contributed by atoms with Gasteiger partial charge in [-0.1, -0.05) is 0 Å². The van der Waals surface area contributed by atoms with Crippen LogP contribution in [0.3, 0.4) is 0 Å². The number of anilines is 3. The number of nitrogens with zero attached hydrogens (tertiary/aromatic N) is 7. The van der Waals surface area contributed by atoms with E-state index >= 15 is 0 Å². The maximum atomic E-state index is 12.9. The summed E-state index contributed by atoms with van der Waals surface area (Å²) in [5.41, 5.74) is 2.48. The van der Waals surface area contributed by atoms with E-state index in [2.05, 4.69) is 25.3 Å². The summed E-state index contributed by atoms with van der Waals surface area (Å²) in [6, 6.07) is 0. The zero-order valence-electron chi connectivity index (χ0n) is 16.5. The van der Waals surface area contributed by atoms with Gasteiger partial charge in [-0.2, -0.15) is 4.98 Å². The number of carbonyl (C=O) groups is 1. The van der Waals surface area contributed by atoms with E-state index in [1.54, 1.807) is 17.3 Å². The standard InChI is InChI=1S/C18H26N8O/c1-6-19-17-20-9-12(10-21-17)16(27)26-8-7-13-14(11-26)22-18(25(4)5)23-15(13)24(2)3/h9-10H,6-8,11H2,1-5H3,(H,19,20,21). The van der Waals surface area contributed by atoms with Crippen molar-refractivity contribution >= 4 is 23.6 Å². The first-order valence-corrected chi connectivity index (χ1v) is 9.00.